The van der Waals surface area contributed by atoms with E-state index < -0.39 is 5.97 Å². The summed E-state index contributed by atoms with van der Waals surface area (Å²) in [6, 6.07) is 3.35. The first-order valence-electron chi connectivity index (χ1n) is 6.52. The monoisotopic (exact) mass is 420 g/mol. The van der Waals surface area contributed by atoms with Gasteiger partial charge in [0.25, 0.3) is 0 Å². The summed E-state index contributed by atoms with van der Waals surface area (Å²) >= 11 is 6.66. The Morgan fingerprint density at radius 1 is 1.38 bits per heavy atom. The third kappa shape index (κ3) is 4.79. The predicted octanol–water partition coefficient (Wildman–Crippen LogP) is 3.31. The fourth-order valence-electron chi connectivity index (χ4n) is 1.90. The van der Waals surface area contributed by atoms with E-state index in [4.69, 9.17) is 10.5 Å². The Bertz CT molecular complexity index is 535. The Balaban J connectivity index is 3.12. The maximum absolute atomic E-state index is 12.3. The van der Waals surface area contributed by atoms with Gasteiger partial charge in [-0.25, -0.2) is 4.79 Å². The lowest BCUT2D eigenvalue weighted by Gasteiger charge is -2.17. The topological polar surface area (TPSA) is 81.4 Å². The van der Waals surface area contributed by atoms with Crippen molar-refractivity contribution in [1.82, 2.24) is 0 Å². The minimum Gasteiger partial charge on any atom is -0.465 e. The van der Waals surface area contributed by atoms with E-state index in [-0.39, 0.29) is 23.9 Å². The number of esters is 1. The zero-order valence-corrected chi connectivity index (χ0v) is 15.1. The Kier molecular flexibility index (Phi) is 7.34. The van der Waals surface area contributed by atoms with Crippen LogP contribution < -0.4 is 11.1 Å². The molecule has 0 aliphatic rings. The summed E-state index contributed by atoms with van der Waals surface area (Å²) in [5.74, 6) is -1.00. The molecule has 1 aromatic carbocycles. The standard InChI is InChI=1S/C14H18Br2N2O3/c1-3-4-8(7-17)13(19)18-12-10(14(20)21-2)5-9(15)6-11(12)16/h5-6,8H,3-4,7,17H2,1-2H3,(H,18,19). The maximum Gasteiger partial charge on any atom is 0.340 e. The van der Waals surface area contributed by atoms with E-state index in [1.165, 1.54) is 7.11 Å². The van der Waals surface area contributed by atoms with Crippen LogP contribution in [0, 0.1) is 5.92 Å². The molecule has 116 valence electrons. The van der Waals surface area contributed by atoms with Crippen molar-refractivity contribution in [2.45, 2.75) is 19.8 Å². The second-order valence-corrected chi connectivity index (χ2v) is 6.28. The quantitative estimate of drug-likeness (QED) is 0.690. The number of anilines is 1. The van der Waals surface area contributed by atoms with Gasteiger partial charge in [-0.2, -0.15) is 0 Å². The molecule has 0 spiro atoms. The Labute approximate surface area is 140 Å². The number of benzene rings is 1. The minimum atomic E-state index is -0.521. The number of amides is 1. The van der Waals surface area contributed by atoms with E-state index in [1.807, 2.05) is 6.92 Å². The third-order valence-corrected chi connectivity index (χ3v) is 4.08. The number of hydrogen-bond acceptors (Lipinski definition) is 4. The number of carbonyl (C=O) groups is 2. The van der Waals surface area contributed by atoms with Crippen LogP contribution in [0.4, 0.5) is 5.69 Å². The summed E-state index contributed by atoms with van der Waals surface area (Å²) in [5.41, 5.74) is 6.30. The fraction of sp³-hybridized carbons (Fsp3) is 0.429. The van der Waals surface area contributed by atoms with Crippen molar-refractivity contribution < 1.29 is 14.3 Å². The van der Waals surface area contributed by atoms with Crippen molar-refractivity contribution >= 4 is 49.4 Å². The van der Waals surface area contributed by atoms with E-state index in [0.29, 0.717) is 21.1 Å². The largest absolute Gasteiger partial charge is 0.465 e. The molecule has 0 aliphatic carbocycles. The first kappa shape index (κ1) is 18.1. The maximum atomic E-state index is 12.3. The lowest BCUT2D eigenvalue weighted by atomic mass is 10.0. The van der Waals surface area contributed by atoms with Crippen molar-refractivity contribution in [3.05, 3.63) is 26.6 Å². The van der Waals surface area contributed by atoms with E-state index in [9.17, 15) is 9.59 Å². The second kappa shape index (κ2) is 8.51. The van der Waals surface area contributed by atoms with Gasteiger partial charge in [0.05, 0.1) is 24.3 Å². The van der Waals surface area contributed by atoms with Gasteiger partial charge in [0.2, 0.25) is 5.91 Å². The summed E-state index contributed by atoms with van der Waals surface area (Å²) in [6.45, 7) is 2.26. The number of carbonyl (C=O) groups excluding carboxylic acids is 2. The summed E-state index contributed by atoms with van der Waals surface area (Å²) in [7, 11) is 1.29. The zero-order valence-electron chi connectivity index (χ0n) is 11.9. The van der Waals surface area contributed by atoms with Gasteiger partial charge in [0.1, 0.15) is 0 Å². The molecule has 3 N–H and O–H groups in total. The average Bonchev–Trinajstić information content (AvgIpc) is 2.46. The molecule has 0 aliphatic heterocycles. The van der Waals surface area contributed by atoms with Gasteiger partial charge in [0.15, 0.2) is 0 Å². The van der Waals surface area contributed by atoms with Crippen molar-refractivity contribution in [1.29, 1.82) is 0 Å². The molecule has 1 amide bonds. The molecule has 0 bridgehead atoms. The van der Waals surface area contributed by atoms with Crippen LogP contribution in [0.25, 0.3) is 0 Å². The molecule has 5 nitrogen and oxygen atoms in total. The number of hydrogen-bond donors (Lipinski definition) is 2. The first-order chi connectivity index (χ1) is 9.94. The third-order valence-electron chi connectivity index (χ3n) is 3.00. The molecule has 0 saturated heterocycles. The van der Waals surface area contributed by atoms with Crippen molar-refractivity contribution in [2.24, 2.45) is 11.7 Å². The molecule has 1 aromatic rings. The van der Waals surface area contributed by atoms with Crippen LogP contribution >= 0.6 is 31.9 Å². The van der Waals surface area contributed by atoms with Crippen LogP contribution in [0.1, 0.15) is 30.1 Å². The summed E-state index contributed by atoms with van der Waals surface area (Å²) in [5, 5.41) is 2.77. The number of rotatable bonds is 6. The highest BCUT2D eigenvalue weighted by molar-refractivity contribution is 9.11. The smallest absolute Gasteiger partial charge is 0.340 e. The normalized spacial score (nSPS) is 11.9. The average molecular weight is 422 g/mol. The number of halogens is 2. The van der Waals surface area contributed by atoms with Crippen LogP contribution in [0.15, 0.2) is 21.1 Å². The lowest BCUT2D eigenvalue weighted by Crippen LogP contribution is -2.30. The number of ether oxygens (including phenoxy) is 1. The molecule has 0 heterocycles. The van der Waals surface area contributed by atoms with Crippen molar-refractivity contribution in [2.75, 3.05) is 19.0 Å². The van der Waals surface area contributed by atoms with Gasteiger partial charge in [0, 0.05) is 15.5 Å². The minimum absolute atomic E-state index is 0.201. The van der Waals surface area contributed by atoms with E-state index in [1.54, 1.807) is 12.1 Å². The fourth-order valence-corrected chi connectivity index (χ4v) is 3.23. The lowest BCUT2D eigenvalue weighted by molar-refractivity contribution is -0.119. The highest BCUT2D eigenvalue weighted by Gasteiger charge is 2.21. The van der Waals surface area contributed by atoms with Gasteiger partial charge in [-0.1, -0.05) is 29.3 Å². The molecule has 0 aromatic heterocycles. The molecule has 1 rings (SSSR count). The molecular formula is C14H18Br2N2O3. The Morgan fingerprint density at radius 3 is 2.57 bits per heavy atom. The van der Waals surface area contributed by atoms with Crippen molar-refractivity contribution in [3.8, 4) is 0 Å². The van der Waals surface area contributed by atoms with Gasteiger partial charge < -0.3 is 15.8 Å². The number of methoxy groups -OCH3 is 1. The van der Waals surface area contributed by atoms with Crippen LogP contribution in [-0.2, 0) is 9.53 Å². The second-order valence-electron chi connectivity index (χ2n) is 4.51. The van der Waals surface area contributed by atoms with Crippen molar-refractivity contribution in [3.63, 3.8) is 0 Å². The van der Waals surface area contributed by atoms with Crippen LogP contribution in [0.5, 0.6) is 0 Å². The summed E-state index contributed by atoms with van der Waals surface area (Å²) in [4.78, 5) is 24.1. The highest BCUT2D eigenvalue weighted by Crippen LogP contribution is 2.31. The predicted molar refractivity (Wildman–Crippen MR) is 89.3 cm³/mol. The summed E-state index contributed by atoms with van der Waals surface area (Å²) in [6.07, 6.45) is 1.56. The van der Waals surface area contributed by atoms with E-state index in [2.05, 4.69) is 37.2 Å². The molecule has 7 heteroatoms. The Morgan fingerprint density at radius 2 is 2.05 bits per heavy atom. The number of nitrogens with one attached hydrogen (secondary N) is 1. The van der Waals surface area contributed by atoms with Crippen LogP contribution in [0.2, 0.25) is 0 Å². The van der Waals surface area contributed by atoms with Gasteiger partial charge >= 0.3 is 5.97 Å². The molecule has 1 unspecified atom stereocenters. The zero-order chi connectivity index (χ0) is 16.0. The van der Waals surface area contributed by atoms with Crippen LogP contribution in [0.3, 0.4) is 0 Å². The SMILES string of the molecule is CCCC(CN)C(=O)Nc1c(Br)cc(Br)cc1C(=O)OC. The van der Waals surface area contributed by atoms with Gasteiger partial charge in [-0.15, -0.1) is 0 Å². The number of nitrogens with two attached hydrogens (primary N) is 1. The van der Waals surface area contributed by atoms with E-state index in [0.717, 1.165) is 6.42 Å². The summed E-state index contributed by atoms with van der Waals surface area (Å²) < 4.78 is 6.05. The van der Waals surface area contributed by atoms with Gasteiger partial charge in [-0.05, 0) is 34.5 Å². The molecule has 1 atom stereocenters. The van der Waals surface area contributed by atoms with Crippen LogP contribution in [-0.4, -0.2) is 25.5 Å². The molecule has 0 saturated carbocycles. The highest BCUT2D eigenvalue weighted by atomic mass is 79.9. The molecular weight excluding hydrogens is 404 g/mol. The van der Waals surface area contributed by atoms with Gasteiger partial charge in [-0.3, -0.25) is 4.79 Å². The Hall–Kier alpha value is -0.920. The molecule has 0 fully saturated rings. The first-order valence-corrected chi connectivity index (χ1v) is 8.11. The molecule has 21 heavy (non-hydrogen) atoms. The van der Waals surface area contributed by atoms with E-state index >= 15 is 0 Å². The molecule has 0 radical (unpaired) electrons.